The molecular formula is C11H16N4O2. The van der Waals surface area contributed by atoms with Gasteiger partial charge in [0.05, 0.1) is 37.3 Å². The first-order valence-electron chi connectivity index (χ1n) is 5.56. The van der Waals surface area contributed by atoms with Crippen molar-refractivity contribution in [1.29, 1.82) is 0 Å². The lowest BCUT2D eigenvalue weighted by Crippen LogP contribution is -2.43. The standard InChI is InChI=1S/C11H16N4O2/c12-9-7-13-2-1-10(9)14-8-11(16)15-3-5-17-6-4-15/h1-2,7H,3-6,8,12H2,(H,13,14). The van der Waals surface area contributed by atoms with Gasteiger partial charge in [0, 0.05) is 19.3 Å². The number of carbonyl (C=O) groups excluding carboxylic acids is 1. The summed E-state index contributed by atoms with van der Waals surface area (Å²) in [6.45, 7) is 2.79. The molecule has 6 heteroatoms. The number of nitrogens with zero attached hydrogens (tertiary/aromatic N) is 2. The molecule has 0 unspecified atom stereocenters. The van der Waals surface area contributed by atoms with Crippen LogP contribution in [0.1, 0.15) is 0 Å². The third kappa shape index (κ3) is 3.07. The highest BCUT2D eigenvalue weighted by molar-refractivity contribution is 5.82. The molecule has 0 radical (unpaired) electrons. The molecule has 1 fully saturated rings. The zero-order valence-electron chi connectivity index (χ0n) is 9.56. The van der Waals surface area contributed by atoms with Crippen molar-refractivity contribution in [2.75, 3.05) is 43.9 Å². The number of rotatable bonds is 3. The van der Waals surface area contributed by atoms with E-state index in [1.54, 1.807) is 23.4 Å². The predicted molar refractivity (Wildman–Crippen MR) is 64.5 cm³/mol. The molecule has 3 N–H and O–H groups in total. The lowest BCUT2D eigenvalue weighted by atomic mass is 10.3. The highest BCUT2D eigenvalue weighted by atomic mass is 16.5. The molecule has 0 spiro atoms. The number of morpholine rings is 1. The lowest BCUT2D eigenvalue weighted by molar-refractivity contribution is -0.133. The van der Waals surface area contributed by atoms with Crippen molar-refractivity contribution in [3.05, 3.63) is 18.5 Å². The largest absolute Gasteiger partial charge is 0.396 e. The number of amides is 1. The van der Waals surface area contributed by atoms with Crippen LogP contribution < -0.4 is 11.1 Å². The number of hydrogen-bond acceptors (Lipinski definition) is 5. The molecule has 17 heavy (non-hydrogen) atoms. The minimum Gasteiger partial charge on any atom is -0.396 e. The van der Waals surface area contributed by atoms with Crippen molar-refractivity contribution in [2.24, 2.45) is 0 Å². The second kappa shape index (κ2) is 5.49. The highest BCUT2D eigenvalue weighted by Crippen LogP contribution is 2.14. The number of aromatic nitrogens is 1. The molecule has 6 nitrogen and oxygen atoms in total. The Kier molecular flexibility index (Phi) is 3.77. The van der Waals surface area contributed by atoms with Crippen LogP contribution in [-0.2, 0) is 9.53 Å². The average molecular weight is 236 g/mol. The minimum absolute atomic E-state index is 0.0597. The predicted octanol–water partition coefficient (Wildman–Crippen LogP) is -0.0655. The maximum absolute atomic E-state index is 11.8. The van der Waals surface area contributed by atoms with Gasteiger partial charge in [-0.2, -0.15) is 0 Å². The summed E-state index contributed by atoms with van der Waals surface area (Å²) in [7, 11) is 0. The SMILES string of the molecule is Nc1cnccc1NCC(=O)N1CCOCC1. The van der Waals surface area contributed by atoms with Gasteiger partial charge in [-0.1, -0.05) is 0 Å². The second-order valence-corrected chi connectivity index (χ2v) is 3.81. The fourth-order valence-corrected chi connectivity index (χ4v) is 1.66. The van der Waals surface area contributed by atoms with E-state index < -0.39 is 0 Å². The molecule has 1 aromatic heterocycles. The molecule has 0 saturated carbocycles. The quantitative estimate of drug-likeness (QED) is 0.768. The number of carbonyl (C=O) groups is 1. The Balaban J connectivity index is 1.85. The van der Waals surface area contributed by atoms with Crippen molar-refractivity contribution in [2.45, 2.75) is 0 Å². The normalized spacial score (nSPS) is 15.6. The van der Waals surface area contributed by atoms with E-state index in [-0.39, 0.29) is 12.5 Å². The first-order chi connectivity index (χ1) is 8.27. The van der Waals surface area contributed by atoms with Crippen molar-refractivity contribution in [3.8, 4) is 0 Å². The fraction of sp³-hybridized carbons (Fsp3) is 0.455. The van der Waals surface area contributed by atoms with Gasteiger partial charge < -0.3 is 20.7 Å². The van der Waals surface area contributed by atoms with Crippen molar-refractivity contribution >= 4 is 17.3 Å². The first-order valence-corrected chi connectivity index (χ1v) is 5.56. The van der Waals surface area contributed by atoms with Gasteiger partial charge in [0.2, 0.25) is 5.91 Å². The van der Waals surface area contributed by atoms with Gasteiger partial charge in [-0.05, 0) is 6.07 Å². The van der Waals surface area contributed by atoms with Crippen molar-refractivity contribution in [1.82, 2.24) is 9.88 Å². The second-order valence-electron chi connectivity index (χ2n) is 3.81. The Morgan fingerprint density at radius 2 is 2.29 bits per heavy atom. The zero-order valence-corrected chi connectivity index (χ0v) is 9.56. The number of hydrogen-bond donors (Lipinski definition) is 2. The fourth-order valence-electron chi connectivity index (χ4n) is 1.66. The van der Waals surface area contributed by atoms with Crippen LogP contribution >= 0.6 is 0 Å². The highest BCUT2D eigenvalue weighted by Gasteiger charge is 2.16. The first kappa shape index (κ1) is 11.7. The monoisotopic (exact) mass is 236 g/mol. The zero-order chi connectivity index (χ0) is 12.1. The summed E-state index contributed by atoms with van der Waals surface area (Å²) < 4.78 is 5.19. The van der Waals surface area contributed by atoms with Crippen LogP contribution in [0.25, 0.3) is 0 Å². The maximum Gasteiger partial charge on any atom is 0.242 e. The van der Waals surface area contributed by atoms with E-state index in [9.17, 15) is 4.79 Å². The van der Waals surface area contributed by atoms with Crippen LogP contribution in [0.15, 0.2) is 18.5 Å². The summed E-state index contributed by atoms with van der Waals surface area (Å²) in [5, 5.41) is 3.01. The number of ether oxygens (including phenoxy) is 1. The Labute approximate surface area is 99.8 Å². The molecule has 0 bridgehead atoms. The van der Waals surface area contributed by atoms with Crippen LogP contribution in [0.4, 0.5) is 11.4 Å². The molecule has 0 atom stereocenters. The topological polar surface area (TPSA) is 80.5 Å². The van der Waals surface area contributed by atoms with Gasteiger partial charge >= 0.3 is 0 Å². The molecule has 1 saturated heterocycles. The molecular weight excluding hydrogens is 220 g/mol. The maximum atomic E-state index is 11.8. The van der Waals surface area contributed by atoms with E-state index in [1.807, 2.05) is 0 Å². The molecule has 1 aliphatic rings. The van der Waals surface area contributed by atoms with Gasteiger partial charge in [0.15, 0.2) is 0 Å². The number of nitrogens with two attached hydrogens (primary N) is 1. The summed E-state index contributed by atoms with van der Waals surface area (Å²) >= 11 is 0. The van der Waals surface area contributed by atoms with E-state index in [4.69, 9.17) is 10.5 Å². The molecule has 1 aliphatic heterocycles. The number of anilines is 2. The summed E-state index contributed by atoms with van der Waals surface area (Å²) in [6, 6.07) is 1.75. The average Bonchev–Trinajstić information content (AvgIpc) is 2.38. The summed E-state index contributed by atoms with van der Waals surface area (Å²) in [5.41, 5.74) is 7.00. The molecule has 2 rings (SSSR count). The van der Waals surface area contributed by atoms with Gasteiger partial charge in [0.25, 0.3) is 0 Å². The Morgan fingerprint density at radius 1 is 1.53 bits per heavy atom. The van der Waals surface area contributed by atoms with Crippen LogP contribution in [-0.4, -0.2) is 48.6 Å². The molecule has 1 aromatic rings. The summed E-state index contributed by atoms with van der Waals surface area (Å²) in [4.78, 5) is 17.5. The van der Waals surface area contributed by atoms with Crippen LogP contribution in [0, 0.1) is 0 Å². The van der Waals surface area contributed by atoms with E-state index in [1.165, 1.54) is 0 Å². The number of pyridine rings is 1. The van der Waals surface area contributed by atoms with Gasteiger partial charge in [-0.3, -0.25) is 9.78 Å². The van der Waals surface area contributed by atoms with Crippen LogP contribution in [0.2, 0.25) is 0 Å². The lowest BCUT2D eigenvalue weighted by Gasteiger charge is -2.27. The van der Waals surface area contributed by atoms with E-state index >= 15 is 0 Å². The van der Waals surface area contributed by atoms with Crippen molar-refractivity contribution in [3.63, 3.8) is 0 Å². The Bertz CT molecular complexity index is 391. The molecule has 0 aromatic carbocycles. The van der Waals surface area contributed by atoms with Crippen molar-refractivity contribution < 1.29 is 9.53 Å². The molecule has 92 valence electrons. The van der Waals surface area contributed by atoms with Crippen LogP contribution in [0.5, 0.6) is 0 Å². The number of nitrogen functional groups attached to an aromatic ring is 1. The van der Waals surface area contributed by atoms with E-state index in [0.717, 1.165) is 5.69 Å². The Morgan fingerprint density at radius 3 is 3.00 bits per heavy atom. The van der Waals surface area contributed by atoms with Crippen LogP contribution in [0.3, 0.4) is 0 Å². The third-order valence-corrected chi connectivity index (χ3v) is 2.65. The van der Waals surface area contributed by atoms with E-state index in [0.29, 0.717) is 32.0 Å². The molecule has 2 heterocycles. The smallest absolute Gasteiger partial charge is 0.242 e. The van der Waals surface area contributed by atoms with Gasteiger partial charge in [-0.25, -0.2) is 0 Å². The minimum atomic E-state index is 0.0597. The molecule has 0 aliphatic carbocycles. The summed E-state index contributed by atoms with van der Waals surface area (Å²) in [5.74, 6) is 0.0597. The van der Waals surface area contributed by atoms with Gasteiger partial charge in [-0.15, -0.1) is 0 Å². The molecule has 1 amide bonds. The third-order valence-electron chi connectivity index (χ3n) is 2.65. The Hall–Kier alpha value is -1.82. The summed E-state index contributed by atoms with van der Waals surface area (Å²) in [6.07, 6.45) is 3.19. The number of nitrogens with one attached hydrogen (secondary N) is 1. The van der Waals surface area contributed by atoms with Gasteiger partial charge in [0.1, 0.15) is 0 Å². The van der Waals surface area contributed by atoms with E-state index in [2.05, 4.69) is 10.3 Å².